The summed E-state index contributed by atoms with van der Waals surface area (Å²) in [5, 5.41) is 10.3. The van der Waals surface area contributed by atoms with Crippen LogP contribution in [0.3, 0.4) is 0 Å². The molecule has 1 N–H and O–H groups in total. The number of carbonyl (C=O) groups is 1. The molecule has 106 valence electrons. The second-order valence-corrected chi connectivity index (χ2v) is 5.71. The van der Waals surface area contributed by atoms with Gasteiger partial charge in [-0.2, -0.15) is 0 Å². The molecule has 0 aromatic carbocycles. The van der Waals surface area contributed by atoms with E-state index in [0.29, 0.717) is 24.6 Å². The highest BCUT2D eigenvalue weighted by Crippen LogP contribution is 2.36. The molecule has 0 atom stereocenters. The van der Waals surface area contributed by atoms with Crippen molar-refractivity contribution in [2.24, 2.45) is 0 Å². The summed E-state index contributed by atoms with van der Waals surface area (Å²) >= 11 is 1.32. The van der Waals surface area contributed by atoms with Crippen molar-refractivity contribution in [1.82, 2.24) is 9.97 Å². The van der Waals surface area contributed by atoms with Gasteiger partial charge in [0.1, 0.15) is 21.9 Å². The number of nitrogens with zero attached hydrogens (tertiary/aromatic N) is 3. The maximum absolute atomic E-state index is 11.9. The van der Waals surface area contributed by atoms with Crippen molar-refractivity contribution in [2.45, 2.75) is 20.0 Å². The smallest absolute Gasteiger partial charge is 0.348 e. The van der Waals surface area contributed by atoms with Crippen molar-refractivity contribution in [3.63, 3.8) is 0 Å². The molecule has 3 rings (SSSR count). The third kappa shape index (κ3) is 2.03. The first-order chi connectivity index (χ1) is 9.61. The van der Waals surface area contributed by atoms with Crippen LogP contribution in [0.4, 0.5) is 5.82 Å². The normalized spacial score (nSPS) is 15.4. The monoisotopic (exact) mass is 293 g/mol. The molecule has 6 nitrogen and oxygen atoms in total. The summed E-state index contributed by atoms with van der Waals surface area (Å²) in [7, 11) is 0. The zero-order valence-electron chi connectivity index (χ0n) is 11.3. The average molecular weight is 293 g/mol. The molecular formula is C13H15N3O3S. The summed E-state index contributed by atoms with van der Waals surface area (Å²) < 4.78 is 5.07. The Hall–Kier alpha value is -1.73. The lowest BCUT2D eigenvalue weighted by Gasteiger charge is -2.37. The van der Waals surface area contributed by atoms with E-state index >= 15 is 0 Å². The summed E-state index contributed by atoms with van der Waals surface area (Å²) in [6.07, 6.45) is 1.19. The Balaban J connectivity index is 2.07. The van der Waals surface area contributed by atoms with Gasteiger partial charge in [-0.1, -0.05) is 0 Å². The Bertz CT molecular complexity index is 664. The summed E-state index contributed by atoms with van der Waals surface area (Å²) in [6.45, 7) is 5.15. The molecule has 0 aliphatic carbocycles. The molecule has 3 heterocycles. The van der Waals surface area contributed by atoms with Gasteiger partial charge >= 0.3 is 5.97 Å². The maximum Gasteiger partial charge on any atom is 0.348 e. The molecule has 2 aromatic rings. The van der Waals surface area contributed by atoms with Crippen LogP contribution in [0.25, 0.3) is 10.2 Å². The lowest BCUT2D eigenvalue weighted by molar-refractivity contribution is 0.0531. The molecule has 2 aromatic heterocycles. The van der Waals surface area contributed by atoms with E-state index in [-0.39, 0.29) is 12.1 Å². The number of aryl methyl sites for hydroxylation is 1. The molecular weight excluding hydrogens is 278 g/mol. The van der Waals surface area contributed by atoms with Crippen molar-refractivity contribution < 1.29 is 14.6 Å². The van der Waals surface area contributed by atoms with E-state index in [1.54, 1.807) is 6.92 Å². The lowest BCUT2D eigenvalue weighted by atomic mass is 10.1. The molecule has 0 amide bonds. The van der Waals surface area contributed by atoms with Crippen LogP contribution in [0.1, 0.15) is 22.2 Å². The molecule has 0 radical (unpaired) electrons. The standard InChI is InChI=1S/C13H15N3O3S/c1-3-19-13(18)10-7(2)9-11(16-4-8(17)5-16)14-6-15-12(9)20-10/h6,8,17H,3-5H2,1-2H3. The van der Waals surface area contributed by atoms with E-state index in [4.69, 9.17) is 4.74 Å². The van der Waals surface area contributed by atoms with E-state index in [1.807, 2.05) is 11.8 Å². The first kappa shape index (κ1) is 13.3. The van der Waals surface area contributed by atoms with Crippen LogP contribution in [-0.4, -0.2) is 46.8 Å². The van der Waals surface area contributed by atoms with Gasteiger partial charge < -0.3 is 14.7 Å². The minimum atomic E-state index is -0.317. The third-order valence-electron chi connectivity index (χ3n) is 3.33. The summed E-state index contributed by atoms with van der Waals surface area (Å²) in [4.78, 5) is 23.8. The van der Waals surface area contributed by atoms with Crippen LogP contribution in [0, 0.1) is 6.92 Å². The largest absolute Gasteiger partial charge is 0.462 e. The second kappa shape index (κ2) is 4.99. The Morgan fingerprint density at radius 2 is 2.30 bits per heavy atom. The van der Waals surface area contributed by atoms with Gasteiger partial charge in [0.05, 0.1) is 18.1 Å². The number of hydrogen-bond donors (Lipinski definition) is 1. The molecule has 0 bridgehead atoms. The number of carbonyl (C=O) groups excluding carboxylic acids is 1. The van der Waals surface area contributed by atoms with Gasteiger partial charge in [0.25, 0.3) is 0 Å². The fourth-order valence-corrected chi connectivity index (χ4v) is 3.35. The van der Waals surface area contributed by atoms with Crippen LogP contribution in [-0.2, 0) is 4.74 Å². The number of aliphatic hydroxyl groups is 1. The Morgan fingerprint density at radius 3 is 2.95 bits per heavy atom. The minimum Gasteiger partial charge on any atom is -0.462 e. The summed E-state index contributed by atoms with van der Waals surface area (Å²) in [6, 6.07) is 0. The highest BCUT2D eigenvalue weighted by Gasteiger charge is 2.29. The van der Waals surface area contributed by atoms with Crippen molar-refractivity contribution in [1.29, 1.82) is 0 Å². The maximum atomic E-state index is 11.9. The lowest BCUT2D eigenvalue weighted by Crippen LogP contribution is -2.51. The van der Waals surface area contributed by atoms with E-state index in [2.05, 4.69) is 9.97 Å². The van der Waals surface area contributed by atoms with Crippen LogP contribution in [0.15, 0.2) is 6.33 Å². The average Bonchev–Trinajstić information content (AvgIpc) is 2.73. The summed E-state index contributed by atoms with van der Waals surface area (Å²) in [5.74, 6) is 0.465. The Morgan fingerprint density at radius 1 is 1.55 bits per heavy atom. The predicted octanol–water partition coefficient (Wildman–Crippen LogP) is 1.36. The number of ether oxygens (including phenoxy) is 1. The molecule has 0 spiro atoms. The van der Waals surface area contributed by atoms with Gasteiger partial charge in [0.15, 0.2) is 0 Å². The number of fused-ring (bicyclic) bond motifs is 1. The number of β-amino-alcohol motifs (C(OH)–C–C–N with tert-alkyl or cyclic N) is 1. The zero-order valence-corrected chi connectivity index (χ0v) is 12.1. The SMILES string of the molecule is CCOC(=O)c1sc2ncnc(N3CC(O)C3)c2c1C. The van der Waals surface area contributed by atoms with Crippen molar-refractivity contribution in [2.75, 3.05) is 24.6 Å². The number of aliphatic hydroxyl groups excluding tert-OH is 1. The zero-order chi connectivity index (χ0) is 14.3. The van der Waals surface area contributed by atoms with E-state index in [1.165, 1.54) is 17.7 Å². The van der Waals surface area contributed by atoms with E-state index in [9.17, 15) is 9.90 Å². The van der Waals surface area contributed by atoms with Crippen LogP contribution >= 0.6 is 11.3 Å². The molecule has 1 saturated heterocycles. The van der Waals surface area contributed by atoms with Crippen LogP contribution in [0.2, 0.25) is 0 Å². The van der Waals surface area contributed by atoms with Crippen LogP contribution in [0.5, 0.6) is 0 Å². The molecule has 1 aliphatic rings. The van der Waals surface area contributed by atoms with Crippen LogP contribution < -0.4 is 4.90 Å². The fraction of sp³-hybridized carbons (Fsp3) is 0.462. The van der Waals surface area contributed by atoms with Gasteiger partial charge in [0, 0.05) is 13.1 Å². The number of hydrogen-bond acceptors (Lipinski definition) is 7. The van der Waals surface area contributed by atoms with E-state index < -0.39 is 0 Å². The third-order valence-corrected chi connectivity index (χ3v) is 4.51. The number of esters is 1. The number of thiophene rings is 1. The summed E-state index contributed by atoms with van der Waals surface area (Å²) in [5.41, 5.74) is 0.848. The van der Waals surface area contributed by atoms with Crippen molar-refractivity contribution >= 4 is 33.3 Å². The molecule has 0 saturated carbocycles. The number of anilines is 1. The van der Waals surface area contributed by atoms with Gasteiger partial charge in [0.2, 0.25) is 0 Å². The molecule has 0 unspecified atom stereocenters. The Labute approximate surface area is 120 Å². The number of aromatic nitrogens is 2. The topological polar surface area (TPSA) is 75.5 Å². The first-order valence-electron chi connectivity index (χ1n) is 6.46. The van der Waals surface area contributed by atoms with Gasteiger partial charge in [-0.05, 0) is 19.4 Å². The van der Waals surface area contributed by atoms with Gasteiger partial charge in [-0.3, -0.25) is 0 Å². The molecule has 1 aliphatic heterocycles. The first-order valence-corrected chi connectivity index (χ1v) is 7.27. The van der Waals surface area contributed by atoms with Gasteiger partial charge in [-0.15, -0.1) is 11.3 Å². The van der Waals surface area contributed by atoms with Crippen molar-refractivity contribution in [3.8, 4) is 0 Å². The minimum absolute atomic E-state index is 0.302. The molecule has 20 heavy (non-hydrogen) atoms. The molecule has 7 heteroatoms. The quantitative estimate of drug-likeness (QED) is 0.861. The number of rotatable bonds is 3. The van der Waals surface area contributed by atoms with Gasteiger partial charge in [-0.25, -0.2) is 14.8 Å². The molecule has 1 fully saturated rings. The van der Waals surface area contributed by atoms with E-state index in [0.717, 1.165) is 21.6 Å². The predicted molar refractivity (Wildman–Crippen MR) is 76.3 cm³/mol. The Kier molecular flexibility index (Phi) is 3.31. The van der Waals surface area contributed by atoms with Crippen molar-refractivity contribution in [3.05, 3.63) is 16.8 Å². The second-order valence-electron chi connectivity index (χ2n) is 4.71. The highest BCUT2D eigenvalue weighted by molar-refractivity contribution is 7.20. The fourth-order valence-electron chi connectivity index (χ4n) is 2.31. The highest BCUT2D eigenvalue weighted by atomic mass is 32.1.